The number of unbranched alkanes of at least 4 members (excludes halogenated alkanes) is 3. The molecule has 3 aromatic rings. The maximum atomic E-state index is 11.4. The van der Waals surface area contributed by atoms with Gasteiger partial charge in [0.05, 0.1) is 18.0 Å². The third kappa shape index (κ3) is 5.99. The van der Waals surface area contributed by atoms with Crippen LogP contribution in [-0.2, 0) is 4.79 Å². The highest BCUT2D eigenvalue weighted by Gasteiger charge is 2.14. The zero-order chi connectivity index (χ0) is 22.9. The van der Waals surface area contributed by atoms with Crippen molar-refractivity contribution in [2.75, 3.05) is 6.61 Å². The summed E-state index contributed by atoms with van der Waals surface area (Å²) in [5.74, 6) is -0.521. The Morgan fingerprint density at radius 3 is 2.50 bits per heavy atom. The molecule has 0 atom stereocenters. The molecule has 164 valence electrons. The lowest BCUT2D eigenvalue weighted by Crippen LogP contribution is -1.98. The minimum atomic E-state index is -1.29. The summed E-state index contributed by atoms with van der Waals surface area (Å²) in [6.07, 6.45) is 7.57. The molecule has 32 heavy (non-hydrogen) atoms. The summed E-state index contributed by atoms with van der Waals surface area (Å²) >= 11 is 5.98. The van der Waals surface area contributed by atoms with Gasteiger partial charge < -0.3 is 9.84 Å². The Kier molecular flexibility index (Phi) is 8.07. The van der Waals surface area contributed by atoms with Gasteiger partial charge in [-0.05, 0) is 61.0 Å². The summed E-state index contributed by atoms with van der Waals surface area (Å²) < 4.78 is 7.43. The molecule has 1 aromatic heterocycles. The fourth-order valence-corrected chi connectivity index (χ4v) is 3.29. The van der Waals surface area contributed by atoms with Gasteiger partial charge in [0.2, 0.25) is 0 Å². The quantitative estimate of drug-likeness (QED) is 0.228. The van der Waals surface area contributed by atoms with Crippen LogP contribution in [0, 0.1) is 11.3 Å². The number of nitriles is 1. The maximum Gasteiger partial charge on any atom is 0.346 e. The van der Waals surface area contributed by atoms with Crippen molar-refractivity contribution in [2.45, 2.75) is 32.6 Å². The van der Waals surface area contributed by atoms with Crippen molar-refractivity contribution >= 4 is 23.6 Å². The molecule has 0 unspecified atom stereocenters. The Bertz CT molecular complexity index is 1130. The number of aromatic nitrogens is 2. The number of nitrogens with zero attached hydrogens (tertiary/aromatic N) is 3. The zero-order valence-corrected chi connectivity index (χ0v) is 18.5. The number of carboxylic acids is 1. The minimum absolute atomic E-state index is 0.367. The van der Waals surface area contributed by atoms with Gasteiger partial charge in [-0.1, -0.05) is 37.8 Å². The summed E-state index contributed by atoms with van der Waals surface area (Å²) in [6, 6.07) is 16.3. The van der Waals surface area contributed by atoms with E-state index < -0.39 is 5.97 Å². The largest absolute Gasteiger partial charge is 0.494 e. The molecule has 0 amide bonds. The molecule has 6 nitrogen and oxygen atoms in total. The number of aliphatic carboxylic acids is 1. The highest BCUT2D eigenvalue weighted by Crippen LogP contribution is 2.28. The van der Waals surface area contributed by atoms with Crippen molar-refractivity contribution in [3.05, 3.63) is 70.9 Å². The van der Waals surface area contributed by atoms with Crippen LogP contribution in [0.3, 0.4) is 0 Å². The molecule has 1 N–H and O–H groups in total. The lowest BCUT2D eigenvalue weighted by Gasteiger charge is -2.07. The van der Waals surface area contributed by atoms with E-state index in [1.807, 2.05) is 36.4 Å². The van der Waals surface area contributed by atoms with E-state index in [0.717, 1.165) is 29.8 Å². The van der Waals surface area contributed by atoms with Crippen LogP contribution < -0.4 is 4.74 Å². The predicted molar refractivity (Wildman–Crippen MR) is 125 cm³/mol. The predicted octanol–water partition coefficient (Wildman–Crippen LogP) is 6.14. The Balaban J connectivity index is 1.91. The van der Waals surface area contributed by atoms with E-state index in [-0.39, 0.29) is 5.57 Å². The fourth-order valence-electron chi connectivity index (χ4n) is 3.17. The first kappa shape index (κ1) is 23.1. The van der Waals surface area contributed by atoms with Crippen molar-refractivity contribution in [3.8, 4) is 28.8 Å². The molecule has 0 saturated heterocycles. The molecule has 0 aliphatic rings. The van der Waals surface area contributed by atoms with E-state index in [0.29, 0.717) is 22.9 Å². The van der Waals surface area contributed by atoms with Crippen LogP contribution in [0.4, 0.5) is 0 Å². The second-order valence-corrected chi connectivity index (χ2v) is 7.70. The van der Waals surface area contributed by atoms with Crippen LogP contribution in [0.5, 0.6) is 5.75 Å². The number of carbonyl (C=O) groups is 1. The first-order chi connectivity index (χ1) is 15.5. The minimum Gasteiger partial charge on any atom is -0.494 e. The van der Waals surface area contributed by atoms with E-state index in [9.17, 15) is 15.2 Å². The summed E-state index contributed by atoms with van der Waals surface area (Å²) in [7, 11) is 0. The van der Waals surface area contributed by atoms with Crippen molar-refractivity contribution < 1.29 is 14.6 Å². The molecule has 0 saturated carbocycles. The average molecular weight is 450 g/mol. The van der Waals surface area contributed by atoms with Crippen LogP contribution in [0.2, 0.25) is 5.02 Å². The number of carboxylic acid groups (broad SMARTS) is 1. The lowest BCUT2D eigenvalue weighted by molar-refractivity contribution is -0.132. The molecular formula is C25H24ClN3O3. The lowest BCUT2D eigenvalue weighted by atomic mass is 10.1. The Labute approximate surface area is 192 Å². The highest BCUT2D eigenvalue weighted by atomic mass is 35.5. The van der Waals surface area contributed by atoms with Crippen LogP contribution in [0.25, 0.3) is 23.0 Å². The van der Waals surface area contributed by atoms with Crippen molar-refractivity contribution in [3.63, 3.8) is 0 Å². The van der Waals surface area contributed by atoms with Crippen LogP contribution in [0.1, 0.15) is 38.2 Å². The summed E-state index contributed by atoms with van der Waals surface area (Å²) in [5, 5.41) is 23.7. The molecule has 1 heterocycles. The van der Waals surface area contributed by atoms with Crippen LogP contribution in [-0.4, -0.2) is 27.5 Å². The molecule has 0 spiro atoms. The van der Waals surface area contributed by atoms with E-state index in [1.165, 1.54) is 18.9 Å². The van der Waals surface area contributed by atoms with Gasteiger partial charge in [-0.2, -0.15) is 10.4 Å². The molecule has 0 aliphatic heterocycles. The fraction of sp³-hybridized carbons (Fsp3) is 0.240. The molecule has 7 heteroatoms. The van der Waals surface area contributed by atoms with E-state index >= 15 is 0 Å². The zero-order valence-electron chi connectivity index (χ0n) is 17.8. The summed E-state index contributed by atoms with van der Waals surface area (Å²) in [4.78, 5) is 11.4. The van der Waals surface area contributed by atoms with Gasteiger partial charge in [0.1, 0.15) is 17.4 Å². The summed E-state index contributed by atoms with van der Waals surface area (Å²) in [5.41, 5.74) is 2.26. The molecule has 0 bridgehead atoms. The van der Waals surface area contributed by atoms with Gasteiger partial charge >= 0.3 is 5.97 Å². The van der Waals surface area contributed by atoms with Gasteiger partial charge in [-0.25, -0.2) is 9.48 Å². The van der Waals surface area contributed by atoms with Gasteiger partial charge in [0, 0.05) is 22.3 Å². The second kappa shape index (κ2) is 11.2. The SMILES string of the molecule is CCCCCCOc1ccc(-c2nn(-c3ccc(Cl)cc3)cc2/C=C(\C#N)C(=O)O)cc1. The van der Waals surface area contributed by atoms with E-state index in [4.69, 9.17) is 16.3 Å². The maximum absolute atomic E-state index is 11.4. The highest BCUT2D eigenvalue weighted by molar-refractivity contribution is 6.30. The average Bonchev–Trinajstić information content (AvgIpc) is 3.22. The number of hydrogen-bond donors (Lipinski definition) is 1. The van der Waals surface area contributed by atoms with Crippen molar-refractivity contribution in [1.82, 2.24) is 9.78 Å². The van der Waals surface area contributed by atoms with Crippen molar-refractivity contribution in [1.29, 1.82) is 5.26 Å². The third-order valence-electron chi connectivity index (χ3n) is 4.88. The normalized spacial score (nSPS) is 11.2. The molecule has 2 aromatic carbocycles. The van der Waals surface area contributed by atoms with Gasteiger partial charge in [-0.15, -0.1) is 0 Å². The van der Waals surface area contributed by atoms with Crippen LogP contribution in [0.15, 0.2) is 60.3 Å². The molecule has 3 rings (SSSR count). The van der Waals surface area contributed by atoms with E-state index in [1.54, 1.807) is 29.1 Å². The van der Waals surface area contributed by atoms with E-state index in [2.05, 4.69) is 12.0 Å². The Morgan fingerprint density at radius 1 is 1.16 bits per heavy atom. The molecule has 0 aliphatic carbocycles. The Hall–Kier alpha value is -3.56. The second-order valence-electron chi connectivity index (χ2n) is 7.26. The third-order valence-corrected chi connectivity index (χ3v) is 5.13. The van der Waals surface area contributed by atoms with Gasteiger partial charge in [0.15, 0.2) is 0 Å². The smallest absolute Gasteiger partial charge is 0.346 e. The molecule has 0 radical (unpaired) electrons. The number of halogens is 1. The first-order valence-corrected chi connectivity index (χ1v) is 10.8. The van der Waals surface area contributed by atoms with Crippen molar-refractivity contribution in [2.24, 2.45) is 0 Å². The van der Waals surface area contributed by atoms with Gasteiger partial charge in [0.25, 0.3) is 0 Å². The van der Waals surface area contributed by atoms with Gasteiger partial charge in [-0.3, -0.25) is 0 Å². The summed E-state index contributed by atoms with van der Waals surface area (Å²) in [6.45, 7) is 2.84. The van der Waals surface area contributed by atoms with Crippen LogP contribution >= 0.6 is 11.6 Å². The molecule has 0 fully saturated rings. The number of hydrogen-bond acceptors (Lipinski definition) is 4. The first-order valence-electron chi connectivity index (χ1n) is 10.5. The molecular weight excluding hydrogens is 426 g/mol. The number of rotatable bonds is 10. The Morgan fingerprint density at radius 2 is 1.88 bits per heavy atom. The topological polar surface area (TPSA) is 88.1 Å². The number of benzene rings is 2. The number of ether oxygens (including phenoxy) is 1. The monoisotopic (exact) mass is 449 g/mol. The standard InChI is InChI=1S/C25H24ClN3O3/c1-2-3-4-5-14-32-23-12-6-18(7-13-23)24-20(15-19(16-27)25(30)31)17-29(28-24)22-10-8-21(26)9-11-22/h6-13,15,17H,2-5,14H2,1H3,(H,30,31)/b19-15+.